The minimum Gasteiger partial charge on any atom is -0.505 e. The fourth-order valence-electron chi connectivity index (χ4n) is 3.95. The van der Waals surface area contributed by atoms with E-state index in [1.165, 1.54) is 36.0 Å². The largest absolute Gasteiger partial charge is 0.505 e. The van der Waals surface area contributed by atoms with Gasteiger partial charge in [0.05, 0.1) is 11.4 Å². The first-order chi connectivity index (χ1) is 20.9. The Balaban J connectivity index is 1.46. The Morgan fingerprint density at radius 3 is 2.27 bits per heavy atom. The SMILES string of the molecule is O=S(=O)(O)CCSc1ccc(N=Nc2c(S(=O)(=O)O)cc3cc(-c4nc(Cl)nc(Nc5ccccc5)n4)ccc3c2O)cc1. The number of halogens is 1. The van der Waals surface area contributed by atoms with Crippen LogP contribution in [0.1, 0.15) is 0 Å². The number of aromatic hydroxyl groups is 1. The summed E-state index contributed by atoms with van der Waals surface area (Å²) in [7, 11) is -8.94. The van der Waals surface area contributed by atoms with Crippen LogP contribution in [0.5, 0.6) is 5.75 Å². The number of nitrogens with zero attached hydrogens (tertiary/aromatic N) is 5. The summed E-state index contributed by atoms with van der Waals surface area (Å²) in [5, 5.41) is 22.3. The van der Waals surface area contributed by atoms with E-state index in [0.717, 1.165) is 6.07 Å². The summed E-state index contributed by atoms with van der Waals surface area (Å²) in [6, 6.07) is 21.2. The summed E-state index contributed by atoms with van der Waals surface area (Å²) in [6.45, 7) is 0. The van der Waals surface area contributed by atoms with Gasteiger partial charge in [-0.25, -0.2) is 0 Å². The lowest BCUT2D eigenvalue weighted by atomic mass is 10.0. The first kappa shape index (κ1) is 31.2. The van der Waals surface area contributed by atoms with Gasteiger partial charge in [-0.05, 0) is 71.6 Å². The molecule has 44 heavy (non-hydrogen) atoms. The zero-order valence-corrected chi connectivity index (χ0v) is 25.4. The van der Waals surface area contributed by atoms with Crippen LogP contribution >= 0.6 is 23.4 Å². The van der Waals surface area contributed by atoms with E-state index in [9.17, 15) is 26.5 Å². The van der Waals surface area contributed by atoms with E-state index < -0.39 is 42.3 Å². The highest BCUT2D eigenvalue weighted by Crippen LogP contribution is 2.42. The number of phenols is 1. The van der Waals surface area contributed by atoms with Crippen molar-refractivity contribution in [1.82, 2.24) is 15.0 Å². The molecule has 0 aliphatic carbocycles. The Morgan fingerprint density at radius 2 is 1.59 bits per heavy atom. The summed E-state index contributed by atoms with van der Waals surface area (Å²) in [4.78, 5) is 12.7. The lowest BCUT2D eigenvalue weighted by Gasteiger charge is -2.11. The van der Waals surface area contributed by atoms with Crippen LogP contribution in [-0.2, 0) is 20.2 Å². The quantitative estimate of drug-likeness (QED) is 0.0719. The second-order valence-corrected chi connectivity index (χ2v) is 13.5. The lowest BCUT2D eigenvalue weighted by molar-refractivity contribution is 0.472. The third-order valence-electron chi connectivity index (χ3n) is 5.94. The van der Waals surface area contributed by atoms with E-state index in [-0.39, 0.29) is 39.3 Å². The fraction of sp³-hybridized carbons (Fsp3) is 0.0741. The number of nitrogens with one attached hydrogen (secondary N) is 1. The normalized spacial score (nSPS) is 12.2. The van der Waals surface area contributed by atoms with Gasteiger partial charge < -0.3 is 10.4 Å². The van der Waals surface area contributed by atoms with Crippen molar-refractivity contribution in [2.45, 2.75) is 9.79 Å². The van der Waals surface area contributed by atoms with E-state index in [1.54, 1.807) is 18.2 Å². The van der Waals surface area contributed by atoms with Gasteiger partial charge in [0.2, 0.25) is 11.2 Å². The summed E-state index contributed by atoms with van der Waals surface area (Å²) < 4.78 is 65.2. The number of azo groups is 1. The van der Waals surface area contributed by atoms with Crippen molar-refractivity contribution in [1.29, 1.82) is 0 Å². The Hall–Kier alpha value is -4.19. The molecule has 0 fully saturated rings. The maximum atomic E-state index is 12.3. The summed E-state index contributed by atoms with van der Waals surface area (Å²) in [5.41, 5.74) is 0.945. The van der Waals surface area contributed by atoms with Crippen LogP contribution in [0.25, 0.3) is 22.2 Å². The molecule has 5 rings (SSSR count). The molecule has 4 N–H and O–H groups in total. The second-order valence-electron chi connectivity index (χ2n) is 9.05. The van der Waals surface area contributed by atoms with Crippen molar-refractivity contribution in [2.75, 3.05) is 16.8 Å². The number of fused-ring (bicyclic) bond motifs is 1. The molecule has 17 heteroatoms. The molecule has 13 nitrogen and oxygen atoms in total. The molecule has 4 aromatic carbocycles. The van der Waals surface area contributed by atoms with E-state index in [2.05, 4.69) is 30.5 Å². The molecule has 0 amide bonds. The molecular weight excluding hydrogens is 652 g/mol. The zero-order valence-electron chi connectivity index (χ0n) is 22.2. The van der Waals surface area contributed by atoms with Crippen LogP contribution in [0.4, 0.5) is 23.0 Å². The number of phenolic OH excluding ortho intramolecular Hbond substituents is 1. The van der Waals surface area contributed by atoms with Gasteiger partial charge in [0.1, 0.15) is 10.6 Å². The van der Waals surface area contributed by atoms with Gasteiger partial charge in [0, 0.05) is 27.3 Å². The highest BCUT2D eigenvalue weighted by atomic mass is 35.5. The third-order valence-corrected chi connectivity index (χ3v) is 8.97. The highest BCUT2D eigenvalue weighted by molar-refractivity contribution is 8.00. The van der Waals surface area contributed by atoms with Gasteiger partial charge in [-0.15, -0.1) is 16.9 Å². The van der Waals surface area contributed by atoms with E-state index in [1.807, 2.05) is 30.3 Å². The highest BCUT2D eigenvalue weighted by Gasteiger charge is 2.22. The third kappa shape index (κ3) is 7.85. The molecule has 5 aromatic rings. The zero-order chi connectivity index (χ0) is 31.5. The topological polar surface area (TPSA) is 204 Å². The van der Waals surface area contributed by atoms with Crippen molar-refractivity contribution in [3.63, 3.8) is 0 Å². The molecule has 0 aliphatic rings. The average molecular weight is 673 g/mol. The van der Waals surface area contributed by atoms with Crippen molar-refractivity contribution in [3.05, 3.63) is 84.1 Å². The molecule has 0 aliphatic heterocycles. The lowest BCUT2D eigenvalue weighted by Crippen LogP contribution is -2.05. The maximum absolute atomic E-state index is 12.3. The summed E-state index contributed by atoms with van der Waals surface area (Å²) >= 11 is 7.33. The molecule has 226 valence electrons. The Labute approximate surface area is 260 Å². The van der Waals surface area contributed by atoms with Gasteiger partial charge in [-0.1, -0.05) is 24.3 Å². The van der Waals surface area contributed by atoms with Crippen LogP contribution in [0.3, 0.4) is 0 Å². The summed E-state index contributed by atoms with van der Waals surface area (Å²) in [5.74, 6) is -0.468. The number of para-hydroxylation sites is 1. The Kier molecular flexibility index (Phi) is 9.10. The first-order valence-corrected chi connectivity index (χ1v) is 16.9. The van der Waals surface area contributed by atoms with Crippen LogP contribution < -0.4 is 5.32 Å². The molecule has 0 saturated carbocycles. The van der Waals surface area contributed by atoms with Crippen LogP contribution in [0.2, 0.25) is 5.28 Å². The maximum Gasteiger partial charge on any atom is 0.296 e. The number of aromatic nitrogens is 3. The van der Waals surface area contributed by atoms with Gasteiger partial charge in [0.25, 0.3) is 20.2 Å². The molecule has 1 heterocycles. The molecule has 0 bridgehead atoms. The van der Waals surface area contributed by atoms with Crippen LogP contribution in [0, 0.1) is 0 Å². The second kappa shape index (κ2) is 12.8. The first-order valence-electron chi connectivity index (χ1n) is 12.5. The molecule has 1 aromatic heterocycles. The standard InChI is InChI=1S/C27H21ClN6O7S3/c28-26-30-25(31-27(32-26)29-18-4-2-1-3-5-18)16-6-11-21-17(14-16)15-22(44(39,40)41)23(24(21)35)34-33-19-7-9-20(10-8-19)42-12-13-43(36,37)38/h1-11,14-15,35H,12-13H2,(H,36,37,38)(H,39,40,41)(H,29,30,31,32). The smallest absolute Gasteiger partial charge is 0.296 e. The summed E-state index contributed by atoms with van der Waals surface area (Å²) in [6.07, 6.45) is 0. The molecule has 0 atom stereocenters. The van der Waals surface area contributed by atoms with Gasteiger partial charge in [-0.3, -0.25) is 9.11 Å². The number of hydrogen-bond donors (Lipinski definition) is 4. The minimum absolute atomic E-state index is 0.0875. The average Bonchev–Trinajstić information content (AvgIpc) is 2.96. The fourth-order valence-corrected chi connectivity index (χ4v) is 6.51. The van der Waals surface area contributed by atoms with Crippen LogP contribution in [0.15, 0.2) is 98.9 Å². The van der Waals surface area contributed by atoms with Crippen molar-refractivity contribution >= 4 is 77.4 Å². The molecule has 0 unspecified atom stereocenters. The molecule has 0 radical (unpaired) electrons. The Morgan fingerprint density at radius 1 is 0.864 bits per heavy atom. The van der Waals surface area contributed by atoms with E-state index >= 15 is 0 Å². The molecular formula is C27H21ClN6O7S3. The number of benzene rings is 4. The van der Waals surface area contributed by atoms with Crippen molar-refractivity contribution < 1.29 is 31.0 Å². The van der Waals surface area contributed by atoms with E-state index in [4.69, 9.17) is 16.2 Å². The molecule has 0 spiro atoms. The predicted octanol–water partition coefficient (Wildman–Crippen LogP) is 6.44. The predicted molar refractivity (Wildman–Crippen MR) is 167 cm³/mol. The van der Waals surface area contributed by atoms with Gasteiger partial charge in [-0.2, -0.15) is 36.9 Å². The van der Waals surface area contributed by atoms with Gasteiger partial charge >= 0.3 is 0 Å². The monoisotopic (exact) mass is 672 g/mol. The number of rotatable bonds is 10. The molecule has 0 saturated heterocycles. The number of thioether (sulfide) groups is 1. The van der Waals surface area contributed by atoms with Gasteiger partial charge in [0.15, 0.2) is 11.6 Å². The van der Waals surface area contributed by atoms with E-state index in [0.29, 0.717) is 16.1 Å². The van der Waals surface area contributed by atoms with Crippen molar-refractivity contribution in [3.8, 4) is 17.1 Å². The number of hydrogen-bond acceptors (Lipinski definition) is 12. The minimum atomic E-state index is -4.87. The van der Waals surface area contributed by atoms with Crippen molar-refractivity contribution in [2.24, 2.45) is 10.2 Å². The number of anilines is 2. The Bertz CT molecular complexity index is 2100. The van der Waals surface area contributed by atoms with Crippen LogP contribution in [-0.4, -0.2) is 57.5 Å².